The summed E-state index contributed by atoms with van der Waals surface area (Å²) in [5, 5.41) is 0.712. The fraction of sp³-hybridized carbons (Fsp3) is 0.696. The van der Waals surface area contributed by atoms with Crippen molar-refractivity contribution in [1.82, 2.24) is 9.80 Å². The topological polar surface area (TPSA) is 32.8 Å². The highest BCUT2D eigenvalue weighted by atomic mass is 32.2. The number of halogens is 1. The number of carbonyl (C=O) groups is 1. The van der Waals surface area contributed by atoms with Crippen molar-refractivity contribution in [2.45, 2.75) is 68.8 Å². The lowest BCUT2D eigenvalue weighted by molar-refractivity contribution is -0.130. The van der Waals surface area contributed by atoms with E-state index in [0.29, 0.717) is 28.7 Å². The third kappa shape index (κ3) is 5.66. The Bertz CT molecular complexity index is 667. The molecule has 0 aromatic heterocycles. The van der Waals surface area contributed by atoms with Crippen LogP contribution in [0.25, 0.3) is 0 Å². The van der Waals surface area contributed by atoms with Crippen molar-refractivity contribution >= 4 is 17.7 Å². The SMILES string of the molecule is O=C(CSC1CCCC1)N1CCC(N2CCC(Oc3ccccc3F)CC2)CC1. The van der Waals surface area contributed by atoms with Crippen LogP contribution in [0.1, 0.15) is 51.4 Å². The molecule has 3 fully saturated rings. The molecule has 0 bridgehead atoms. The highest BCUT2D eigenvalue weighted by molar-refractivity contribution is 8.00. The van der Waals surface area contributed by atoms with Crippen LogP contribution in [0.5, 0.6) is 5.75 Å². The first-order valence-electron chi connectivity index (χ1n) is 11.2. The van der Waals surface area contributed by atoms with E-state index in [9.17, 15) is 9.18 Å². The van der Waals surface area contributed by atoms with E-state index in [0.717, 1.165) is 51.9 Å². The van der Waals surface area contributed by atoms with Gasteiger partial charge in [-0.1, -0.05) is 25.0 Å². The molecule has 1 aromatic rings. The maximum Gasteiger partial charge on any atom is 0.232 e. The molecule has 1 aromatic carbocycles. The Morgan fingerprint density at radius 1 is 1.00 bits per heavy atom. The number of ether oxygens (including phenoxy) is 1. The molecule has 2 saturated heterocycles. The van der Waals surface area contributed by atoms with Crippen molar-refractivity contribution in [2.24, 2.45) is 0 Å². The van der Waals surface area contributed by atoms with Gasteiger partial charge in [-0.15, -0.1) is 11.8 Å². The van der Waals surface area contributed by atoms with Gasteiger partial charge in [0.15, 0.2) is 11.6 Å². The number of piperidine rings is 2. The zero-order valence-electron chi connectivity index (χ0n) is 17.2. The quantitative estimate of drug-likeness (QED) is 0.686. The van der Waals surface area contributed by atoms with Gasteiger partial charge in [0.25, 0.3) is 0 Å². The van der Waals surface area contributed by atoms with Gasteiger partial charge in [0, 0.05) is 37.5 Å². The molecule has 1 saturated carbocycles. The summed E-state index contributed by atoms with van der Waals surface area (Å²) in [6, 6.07) is 7.23. The second-order valence-corrected chi connectivity index (χ2v) is 9.90. The van der Waals surface area contributed by atoms with Crippen molar-refractivity contribution in [3.05, 3.63) is 30.1 Å². The molecule has 0 radical (unpaired) electrons. The maximum absolute atomic E-state index is 13.8. The molecule has 0 N–H and O–H groups in total. The lowest BCUT2D eigenvalue weighted by Gasteiger charge is -2.41. The number of hydrogen-bond donors (Lipinski definition) is 0. The van der Waals surface area contributed by atoms with Crippen molar-refractivity contribution < 1.29 is 13.9 Å². The van der Waals surface area contributed by atoms with Crippen LogP contribution in [0, 0.1) is 5.82 Å². The van der Waals surface area contributed by atoms with Gasteiger partial charge in [0.1, 0.15) is 6.10 Å². The van der Waals surface area contributed by atoms with E-state index in [1.165, 1.54) is 31.7 Å². The summed E-state index contributed by atoms with van der Waals surface area (Å²) in [6.07, 6.45) is 9.34. The van der Waals surface area contributed by atoms with E-state index < -0.39 is 0 Å². The summed E-state index contributed by atoms with van der Waals surface area (Å²) in [5.41, 5.74) is 0. The minimum atomic E-state index is -0.280. The highest BCUT2D eigenvalue weighted by Crippen LogP contribution is 2.30. The normalized spacial score (nSPS) is 22.9. The average molecular weight is 421 g/mol. The molecule has 1 amide bonds. The first-order valence-corrected chi connectivity index (χ1v) is 12.3. The van der Waals surface area contributed by atoms with Crippen LogP contribution in [0.15, 0.2) is 24.3 Å². The van der Waals surface area contributed by atoms with E-state index in [2.05, 4.69) is 9.80 Å². The van der Waals surface area contributed by atoms with Crippen LogP contribution in [0.4, 0.5) is 4.39 Å². The Morgan fingerprint density at radius 2 is 1.69 bits per heavy atom. The summed E-state index contributed by atoms with van der Waals surface area (Å²) in [5.74, 6) is 1.08. The summed E-state index contributed by atoms with van der Waals surface area (Å²) < 4.78 is 19.7. The molecule has 4 nitrogen and oxygen atoms in total. The third-order valence-corrected chi connectivity index (χ3v) is 8.04. The molecule has 4 rings (SSSR count). The molecule has 29 heavy (non-hydrogen) atoms. The Kier molecular flexibility index (Phi) is 7.35. The second kappa shape index (κ2) is 10.2. The molecule has 2 heterocycles. The molecule has 3 aliphatic rings. The van der Waals surface area contributed by atoms with Gasteiger partial charge in [-0.25, -0.2) is 4.39 Å². The van der Waals surface area contributed by atoms with Crippen molar-refractivity contribution in [3.63, 3.8) is 0 Å². The number of para-hydroxylation sites is 1. The summed E-state index contributed by atoms with van der Waals surface area (Å²) >= 11 is 1.87. The predicted octanol–water partition coefficient (Wildman–Crippen LogP) is 4.34. The molecular formula is C23H33FN2O2S. The number of amides is 1. The lowest BCUT2D eigenvalue weighted by atomic mass is 9.99. The fourth-order valence-corrected chi connectivity index (χ4v) is 6.12. The van der Waals surface area contributed by atoms with Crippen LogP contribution >= 0.6 is 11.8 Å². The van der Waals surface area contributed by atoms with E-state index in [4.69, 9.17) is 4.74 Å². The fourth-order valence-electron chi connectivity index (χ4n) is 4.89. The van der Waals surface area contributed by atoms with E-state index in [-0.39, 0.29) is 11.9 Å². The first-order chi connectivity index (χ1) is 14.2. The molecule has 0 atom stereocenters. The molecule has 0 spiro atoms. The Balaban J connectivity index is 1.16. The number of rotatable bonds is 6. The average Bonchev–Trinajstić information content (AvgIpc) is 3.28. The molecule has 160 valence electrons. The number of nitrogens with zero attached hydrogens (tertiary/aromatic N) is 2. The molecule has 6 heteroatoms. The minimum absolute atomic E-state index is 0.0948. The number of likely N-dealkylation sites (tertiary alicyclic amines) is 2. The van der Waals surface area contributed by atoms with Gasteiger partial charge in [0.2, 0.25) is 5.91 Å². The Morgan fingerprint density at radius 3 is 2.38 bits per heavy atom. The smallest absolute Gasteiger partial charge is 0.232 e. The maximum atomic E-state index is 13.8. The lowest BCUT2D eigenvalue weighted by Crippen LogP contribution is -2.50. The molecule has 2 aliphatic heterocycles. The van der Waals surface area contributed by atoms with Crippen LogP contribution in [-0.2, 0) is 4.79 Å². The second-order valence-electron chi connectivity index (χ2n) is 8.61. The Labute approximate surface area is 178 Å². The zero-order chi connectivity index (χ0) is 20.1. The number of thioether (sulfide) groups is 1. The summed E-state index contributed by atoms with van der Waals surface area (Å²) in [6.45, 7) is 3.77. The van der Waals surface area contributed by atoms with Crippen LogP contribution in [0.3, 0.4) is 0 Å². The van der Waals surface area contributed by atoms with Gasteiger partial charge < -0.3 is 9.64 Å². The van der Waals surface area contributed by atoms with Crippen molar-refractivity contribution in [3.8, 4) is 5.75 Å². The van der Waals surface area contributed by atoms with Gasteiger partial charge in [-0.2, -0.15) is 0 Å². The van der Waals surface area contributed by atoms with Crippen molar-refractivity contribution in [2.75, 3.05) is 31.9 Å². The number of carbonyl (C=O) groups excluding carboxylic acids is 1. The molecular weight excluding hydrogens is 387 g/mol. The van der Waals surface area contributed by atoms with Gasteiger partial charge in [-0.05, 0) is 50.7 Å². The first kappa shape index (κ1) is 21.0. The van der Waals surface area contributed by atoms with Gasteiger partial charge in [-0.3, -0.25) is 9.69 Å². The number of hydrogen-bond acceptors (Lipinski definition) is 4. The standard InChI is InChI=1S/C23H33FN2O2S/c24-21-7-3-4-8-22(21)28-19-11-15-25(16-12-19)18-9-13-26(14-10-18)23(27)17-29-20-5-1-2-6-20/h3-4,7-8,18-20H,1-2,5-6,9-17H2. The molecule has 0 unspecified atom stereocenters. The van der Waals surface area contributed by atoms with E-state index in [1.807, 2.05) is 17.8 Å². The summed E-state index contributed by atoms with van der Waals surface area (Å²) in [4.78, 5) is 17.2. The highest BCUT2D eigenvalue weighted by Gasteiger charge is 2.30. The zero-order valence-corrected chi connectivity index (χ0v) is 18.0. The third-order valence-electron chi connectivity index (χ3n) is 6.69. The van der Waals surface area contributed by atoms with Gasteiger partial charge >= 0.3 is 0 Å². The monoisotopic (exact) mass is 420 g/mol. The van der Waals surface area contributed by atoms with Crippen LogP contribution in [0.2, 0.25) is 0 Å². The van der Waals surface area contributed by atoms with E-state index in [1.54, 1.807) is 12.1 Å². The van der Waals surface area contributed by atoms with Crippen molar-refractivity contribution in [1.29, 1.82) is 0 Å². The van der Waals surface area contributed by atoms with E-state index >= 15 is 0 Å². The number of benzene rings is 1. The Hall–Kier alpha value is -1.27. The molecule has 1 aliphatic carbocycles. The van der Waals surface area contributed by atoms with Crippen LogP contribution in [-0.4, -0.2) is 65.0 Å². The van der Waals surface area contributed by atoms with Gasteiger partial charge in [0.05, 0.1) is 5.75 Å². The van der Waals surface area contributed by atoms with Crippen LogP contribution < -0.4 is 4.74 Å². The predicted molar refractivity (Wildman–Crippen MR) is 116 cm³/mol. The minimum Gasteiger partial charge on any atom is -0.487 e. The largest absolute Gasteiger partial charge is 0.487 e. The summed E-state index contributed by atoms with van der Waals surface area (Å²) in [7, 11) is 0.